The Bertz CT molecular complexity index is 578. The first-order chi connectivity index (χ1) is 9.15. The van der Waals surface area contributed by atoms with E-state index in [0.29, 0.717) is 29.4 Å². The van der Waals surface area contributed by atoms with Crippen LogP contribution in [-0.4, -0.2) is 16.4 Å². The Morgan fingerprint density at radius 2 is 2.11 bits per heavy atom. The molecular formula is C13H13ClN2O3. The number of anilines is 1. The second-order valence-electron chi connectivity index (χ2n) is 3.95. The lowest BCUT2D eigenvalue weighted by Crippen LogP contribution is -2.09. The number of carbonyl (C=O) groups is 1. The molecule has 1 aromatic heterocycles. The minimum atomic E-state index is -1.14. The van der Waals surface area contributed by atoms with Crippen molar-refractivity contribution in [1.82, 2.24) is 5.16 Å². The Labute approximate surface area is 115 Å². The zero-order valence-electron chi connectivity index (χ0n) is 10.3. The van der Waals surface area contributed by atoms with Crippen molar-refractivity contribution in [3.8, 4) is 11.3 Å². The van der Waals surface area contributed by atoms with Crippen molar-refractivity contribution in [3.05, 3.63) is 35.5 Å². The van der Waals surface area contributed by atoms with Crippen molar-refractivity contribution < 1.29 is 14.4 Å². The molecule has 0 unspecified atom stereocenters. The third kappa shape index (κ3) is 2.88. The van der Waals surface area contributed by atoms with Gasteiger partial charge in [0, 0.05) is 11.4 Å². The molecule has 0 aliphatic carbocycles. The summed E-state index contributed by atoms with van der Waals surface area (Å²) in [4.78, 5) is 10.8. The molecule has 5 nitrogen and oxygen atoms in total. The maximum Gasteiger partial charge on any atom is 0.409 e. The van der Waals surface area contributed by atoms with Gasteiger partial charge in [-0.2, -0.15) is 0 Å². The third-order valence-corrected chi connectivity index (χ3v) is 3.01. The van der Waals surface area contributed by atoms with E-state index in [2.05, 4.69) is 10.5 Å². The molecule has 0 radical (unpaired) electrons. The van der Waals surface area contributed by atoms with E-state index in [1.165, 1.54) is 0 Å². The summed E-state index contributed by atoms with van der Waals surface area (Å²) in [5.41, 5.74) is 2.71. The van der Waals surface area contributed by atoms with E-state index in [1.807, 2.05) is 31.2 Å². The lowest BCUT2D eigenvalue weighted by molar-refractivity contribution is 0.209. The maximum absolute atomic E-state index is 10.8. The average molecular weight is 281 g/mol. The SMILES string of the molecule is CCc1noc(-c2ccc(CCl)cc2)c1NC(=O)O. The predicted octanol–water partition coefficient (Wildman–Crippen LogP) is 3.73. The zero-order valence-corrected chi connectivity index (χ0v) is 11.1. The molecule has 6 heteroatoms. The topological polar surface area (TPSA) is 75.4 Å². The number of carboxylic acid groups (broad SMARTS) is 1. The van der Waals surface area contributed by atoms with Crippen LogP contribution in [0.1, 0.15) is 18.2 Å². The predicted molar refractivity (Wildman–Crippen MR) is 72.5 cm³/mol. The van der Waals surface area contributed by atoms with Gasteiger partial charge in [-0.1, -0.05) is 36.3 Å². The van der Waals surface area contributed by atoms with Crippen LogP contribution >= 0.6 is 11.6 Å². The normalized spacial score (nSPS) is 10.4. The number of hydrogen-bond donors (Lipinski definition) is 2. The van der Waals surface area contributed by atoms with Gasteiger partial charge < -0.3 is 9.63 Å². The Hall–Kier alpha value is -2.01. The highest BCUT2D eigenvalue weighted by Crippen LogP contribution is 2.31. The lowest BCUT2D eigenvalue weighted by Gasteiger charge is -2.03. The van der Waals surface area contributed by atoms with Crippen molar-refractivity contribution >= 4 is 23.4 Å². The molecule has 0 saturated carbocycles. The summed E-state index contributed by atoms with van der Waals surface area (Å²) in [6.45, 7) is 1.88. The Morgan fingerprint density at radius 1 is 1.42 bits per heavy atom. The first-order valence-electron chi connectivity index (χ1n) is 5.79. The Kier molecular flexibility index (Phi) is 4.06. The van der Waals surface area contributed by atoms with Crippen LogP contribution in [0.2, 0.25) is 0 Å². The van der Waals surface area contributed by atoms with Crippen LogP contribution in [0.5, 0.6) is 0 Å². The highest BCUT2D eigenvalue weighted by molar-refractivity contribution is 6.17. The summed E-state index contributed by atoms with van der Waals surface area (Å²) in [5.74, 6) is 0.845. The lowest BCUT2D eigenvalue weighted by atomic mass is 10.1. The molecule has 100 valence electrons. The van der Waals surface area contributed by atoms with Gasteiger partial charge in [0.05, 0.1) is 0 Å². The summed E-state index contributed by atoms with van der Waals surface area (Å²) in [5, 5.41) is 15.1. The number of benzene rings is 1. The molecule has 0 aliphatic heterocycles. The fraction of sp³-hybridized carbons (Fsp3) is 0.231. The van der Waals surface area contributed by atoms with Crippen molar-refractivity contribution in [2.24, 2.45) is 0 Å². The number of nitrogens with zero attached hydrogens (tertiary/aromatic N) is 1. The van der Waals surface area contributed by atoms with Crippen LogP contribution in [0.3, 0.4) is 0 Å². The van der Waals surface area contributed by atoms with Crippen LogP contribution in [-0.2, 0) is 12.3 Å². The van der Waals surface area contributed by atoms with E-state index in [9.17, 15) is 4.79 Å². The molecule has 0 aliphatic rings. The molecule has 1 amide bonds. The van der Waals surface area contributed by atoms with Crippen LogP contribution in [0.15, 0.2) is 28.8 Å². The molecule has 0 atom stereocenters. The molecule has 2 rings (SSSR count). The molecule has 1 heterocycles. The second-order valence-corrected chi connectivity index (χ2v) is 4.21. The average Bonchev–Trinajstić information content (AvgIpc) is 2.81. The number of nitrogens with one attached hydrogen (secondary N) is 1. The third-order valence-electron chi connectivity index (χ3n) is 2.70. The standard InChI is InChI=1S/C13H13ClN2O3/c1-2-10-11(15-13(17)18)12(19-16-10)9-5-3-8(7-14)4-6-9/h3-6,15H,2,7H2,1H3,(H,17,18). The highest BCUT2D eigenvalue weighted by Gasteiger charge is 2.18. The van der Waals surface area contributed by atoms with Crippen molar-refractivity contribution in [2.75, 3.05) is 5.32 Å². The van der Waals surface area contributed by atoms with Gasteiger partial charge in [-0.05, 0) is 12.0 Å². The minimum absolute atomic E-state index is 0.397. The molecular weight excluding hydrogens is 268 g/mol. The zero-order chi connectivity index (χ0) is 13.8. The monoisotopic (exact) mass is 280 g/mol. The molecule has 19 heavy (non-hydrogen) atoms. The van der Waals surface area contributed by atoms with Crippen LogP contribution in [0, 0.1) is 0 Å². The van der Waals surface area contributed by atoms with Crippen molar-refractivity contribution in [2.45, 2.75) is 19.2 Å². The summed E-state index contributed by atoms with van der Waals surface area (Å²) >= 11 is 5.73. The number of alkyl halides is 1. The fourth-order valence-corrected chi connectivity index (χ4v) is 1.92. The number of halogens is 1. The van der Waals surface area contributed by atoms with Gasteiger partial charge in [0.1, 0.15) is 11.4 Å². The maximum atomic E-state index is 10.8. The van der Waals surface area contributed by atoms with E-state index in [-0.39, 0.29) is 0 Å². The first kappa shape index (κ1) is 13.4. The van der Waals surface area contributed by atoms with E-state index < -0.39 is 6.09 Å². The Balaban J connectivity index is 2.42. The largest absolute Gasteiger partial charge is 0.465 e. The van der Waals surface area contributed by atoms with E-state index in [1.54, 1.807) is 0 Å². The minimum Gasteiger partial charge on any atom is -0.465 e. The number of amides is 1. The van der Waals surface area contributed by atoms with Gasteiger partial charge in [-0.3, -0.25) is 5.32 Å². The highest BCUT2D eigenvalue weighted by atomic mass is 35.5. The van der Waals surface area contributed by atoms with Crippen LogP contribution < -0.4 is 5.32 Å². The summed E-state index contributed by atoms with van der Waals surface area (Å²) in [6, 6.07) is 7.37. The molecule has 0 spiro atoms. The van der Waals surface area contributed by atoms with Gasteiger partial charge in [-0.25, -0.2) is 4.79 Å². The molecule has 2 aromatic rings. The van der Waals surface area contributed by atoms with Gasteiger partial charge in [-0.15, -0.1) is 11.6 Å². The van der Waals surface area contributed by atoms with Crippen LogP contribution in [0.4, 0.5) is 10.5 Å². The fourth-order valence-electron chi connectivity index (χ4n) is 1.74. The number of rotatable bonds is 4. The summed E-state index contributed by atoms with van der Waals surface area (Å²) in [7, 11) is 0. The van der Waals surface area contributed by atoms with Gasteiger partial charge >= 0.3 is 6.09 Å². The van der Waals surface area contributed by atoms with E-state index >= 15 is 0 Å². The Morgan fingerprint density at radius 3 is 2.63 bits per heavy atom. The molecule has 1 aromatic carbocycles. The molecule has 2 N–H and O–H groups in total. The van der Waals surface area contributed by atoms with Gasteiger partial charge in [0.25, 0.3) is 0 Å². The van der Waals surface area contributed by atoms with Crippen molar-refractivity contribution in [3.63, 3.8) is 0 Å². The van der Waals surface area contributed by atoms with Crippen LogP contribution in [0.25, 0.3) is 11.3 Å². The first-order valence-corrected chi connectivity index (χ1v) is 6.33. The molecule has 0 bridgehead atoms. The molecule has 0 saturated heterocycles. The number of aryl methyl sites for hydroxylation is 1. The molecule has 0 fully saturated rings. The van der Waals surface area contributed by atoms with Gasteiger partial charge in [0.15, 0.2) is 5.76 Å². The van der Waals surface area contributed by atoms with Crippen molar-refractivity contribution in [1.29, 1.82) is 0 Å². The summed E-state index contributed by atoms with van der Waals surface area (Å²) in [6.07, 6.45) is -0.560. The quantitative estimate of drug-likeness (QED) is 0.837. The van der Waals surface area contributed by atoms with E-state index in [0.717, 1.165) is 11.1 Å². The summed E-state index contributed by atoms with van der Waals surface area (Å²) < 4.78 is 5.24. The number of hydrogen-bond acceptors (Lipinski definition) is 3. The second kappa shape index (κ2) is 5.75. The van der Waals surface area contributed by atoms with Gasteiger partial charge in [0.2, 0.25) is 0 Å². The number of aromatic nitrogens is 1. The smallest absolute Gasteiger partial charge is 0.409 e. The van der Waals surface area contributed by atoms with E-state index in [4.69, 9.17) is 21.2 Å².